The third-order valence-corrected chi connectivity index (χ3v) is 4.10. The number of carbonyl (C=O) groups is 3. The largest absolute Gasteiger partial charge is 0.459 e. The summed E-state index contributed by atoms with van der Waals surface area (Å²) in [4.78, 5) is 39.5. The molecule has 8 heteroatoms. The third kappa shape index (κ3) is 4.00. The van der Waals surface area contributed by atoms with Crippen LogP contribution in [-0.2, 0) is 9.59 Å². The first-order valence-electron chi connectivity index (χ1n) is 7.73. The molecule has 1 N–H and O–H groups in total. The van der Waals surface area contributed by atoms with Gasteiger partial charge in [0.2, 0.25) is 0 Å². The topological polar surface area (TPSA) is 82.9 Å². The molecule has 0 unspecified atom stereocenters. The Morgan fingerprint density at radius 1 is 1.00 bits per heavy atom. The quantitative estimate of drug-likeness (QED) is 0.827. The van der Waals surface area contributed by atoms with Gasteiger partial charge in [0, 0.05) is 36.9 Å². The summed E-state index contributed by atoms with van der Waals surface area (Å²) in [7, 11) is 0. The molecular formula is C17H16ClN3O4. The van der Waals surface area contributed by atoms with E-state index < -0.39 is 11.8 Å². The summed E-state index contributed by atoms with van der Waals surface area (Å²) in [6.45, 7) is 1.26. The number of carbonyl (C=O) groups excluding carboxylic acids is 3. The van der Waals surface area contributed by atoms with Gasteiger partial charge in [-0.3, -0.25) is 14.4 Å². The number of anilines is 1. The Morgan fingerprint density at radius 3 is 2.36 bits per heavy atom. The maximum absolute atomic E-state index is 12.3. The first-order valence-corrected chi connectivity index (χ1v) is 8.11. The molecule has 0 aliphatic carbocycles. The number of amides is 3. The van der Waals surface area contributed by atoms with Crippen molar-refractivity contribution in [1.82, 2.24) is 9.80 Å². The van der Waals surface area contributed by atoms with Gasteiger partial charge in [-0.05, 0) is 30.3 Å². The van der Waals surface area contributed by atoms with E-state index in [1.165, 1.54) is 11.2 Å². The Morgan fingerprint density at radius 2 is 1.72 bits per heavy atom. The smallest absolute Gasteiger partial charge is 0.313 e. The average Bonchev–Trinajstić information content (AvgIpc) is 3.15. The lowest BCUT2D eigenvalue weighted by atomic mass is 10.2. The van der Waals surface area contributed by atoms with Gasteiger partial charge in [0.1, 0.15) is 0 Å². The Labute approximate surface area is 149 Å². The number of nitrogens with zero attached hydrogens (tertiary/aromatic N) is 2. The van der Waals surface area contributed by atoms with Crippen LogP contribution in [0, 0.1) is 0 Å². The Balaban J connectivity index is 1.54. The number of piperazine rings is 1. The summed E-state index contributed by atoms with van der Waals surface area (Å²) in [5.41, 5.74) is 0.456. The predicted molar refractivity (Wildman–Crippen MR) is 91.3 cm³/mol. The van der Waals surface area contributed by atoms with Crippen LogP contribution in [0.15, 0.2) is 47.1 Å². The second kappa shape index (κ2) is 7.40. The maximum Gasteiger partial charge on any atom is 0.313 e. The molecule has 0 radical (unpaired) electrons. The number of rotatable bonds is 2. The summed E-state index contributed by atoms with van der Waals surface area (Å²) < 4.78 is 5.09. The minimum absolute atomic E-state index is 0.222. The van der Waals surface area contributed by atoms with E-state index in [-0.39, 0.29) is 24.8 Å². The van der Waals surface area contributed by atoms with Gasteiger partial charge < -0.3 is 19.5 Å². The molecule has 0 bridgehead atoms. The van der Waals surface area contributed by atoms with Crippen LogP contribution in [0.1, 0.15) is 10.6 Å². The van der Waals surface area contributed by atoms with E-state index in [1.54, 1.807) is 41.3 Å². The molecule has 0 atom stereocenters. The Hall–Kier alpha value is -2.80. The van der Waals surface area contributed by atoms with Crippen molar-refractivity contribution in [2.75, 3.05) is 31.5 Å². The molecule has 25 heavy (non-hydrogen) atoms. The standard InChI is InChI=1S/C17H16ClN3O4/c18-12-3-1-4-13(11-12)19-15(22)17(24)21-8-6-20(7-9-21)16(23)14-5-2-10-25-14/h1-5,10-11H,6-9H2,(H,19,22). The number of hydrogen-bond donors (Lipinski definition) is 1. The van der Waals surface area contributed by atoms with Crippen molar-refractivity contribution in [1.29, 1.82) is 0 Å². The fourth-order valence-electron chi connectivity index (χ4n) is 2.56. The van der Waals surface area contributed by atoms with Crippen molar-refractivity contribution in [3.8, 4) is 0 Å². The van der Waals surface area contributed by atoms with E-state index in [0.29, 0.717) is 23.8 Å². The van der Waals surface area contributed by atoms with Gasteiger partial charge in [-0.1, -0.05) is 17.7 Å². The summed E-state index contributed by atoms with van der Waals surface area (Å²) in [6, 6.07) is 9.81. The van der Waals surface area contributed by atoms with Gasteiger partial charge in [0.05, 0.1) is 6.26 Å². The van der Waals surface area contributed by atoms with Crippen LogP contribution in [0.25, 0.3) is 0 Å². The molecule has 1 aliphatic heterocycles. The molecular weight excluding hydrogens is 346 g/mol. The van der Waals surface area contributed by atoms with Crippen molar-refractivity contribution >= 4 is 35.0 Å². The van der Waals surface area contributed by atoms with Gasteiger partial charge in [-0.25, -0.2) is 0 Å². The summed E-state index contributed by atoms with van der Waals surface area (Å²) >= 11 is 5.85. The third-order valence-electron chi connectivity index (χ3n) is 3.86. The molecule has 130 valence electrons. The molecule has 3 rings (SSSR count). The minimum Gasteiger partial charge on any atom is -0.459 e. The number of benzene rings is 1. The summed E-state index contributed by atoms with van der Waals surface area (Å²) in [5.74, 6) is -1.32. The van der Waals surface area contributed by atoms with Crippen LogP contribution in [0.4, 0.5) is 5.69 Å². The van der Waals surface area contributed by atoms with E-state index in [0.717, 1.165) is 0 Å². The van der Waals surface area contributed by atoms with E-state index in [2.05, 4.69) is 5.32 Å². The molecule has 1 aromatic heterocycles. The first kappa shape index (κ1) is 17.0. The summed E-state index contributed by atoms with van der Waals surface area (Å²) in [5, 5.41) is 2.99. The van der Waals surface area contributed by atoms with Gasteiger partial charge in [-0.15, -0.1) is 0 Å². The van der Waals surface area contributed by atoms with Gasteiger partial charge in [-0.2, -0.15) is 0 Å². The molecule has 1 aromatic carbocycles. The molecule has 1 saturated heterocycles. The molecule has 3 amide bonds. The number of furan rings is 1. The zero-order chi connectivity index (χ0) is 17.8. The molecule has 0 saturated carbocycles. The highest BCUT2D eigenvalue weighted by molar-refractivity contribution is 6.39. The predicted octanol–water partition coefficient (Wildman–Crippen LogP) is 1.86. The van der Waals surface area contributed by atoms with E-state index in [9.17, 15) is 14.4 Å². The van der Waals surface area contributed by atoms with Crippen LogP contribution in [-0.4, -0.2) is 53.7 Å². The van der Waals surface area contributed by atoms with Crippen LogP contribution in [0.5, 0.6) is 0 Å². The highest BCUT2D eigenvalue weighted by atomic mass is 35.5. The lowest BCUT2D eigenvalue weighted by Gasteiger charge is -2.33. The fourth-order valence-corrected chi connectivity index (χ4v) is 2.75. The number of hydrogen-bond acceptors (Lipinski definition) is 4. The van der Waals surface area contributed by atoms with Crippen molar-refractivity contribution in [2.45, 2.75) is 0 Å². The monoisotopic (exact) mass is 361 g/mol. The lowest BCUT2D eigenvalue weighted by Crippen LogP contribution is -2.52. The summed E-state index contributed by atoms with van der Waals surface area (Å²) in [6.07, 6.45) is 1.44. The van der Waals surface area contributed by atoms with Gasteiger partial charge in [0.25, 0.3) is 5.91 Å². The minimum atomic E-state index is -0.729. The zero-order valence-electron chi connectivity index (χ0n) is 13.3. The molecule has 2 aromatic rings. The van der Waals surface area contributed by atoms with Crippen LogP contribution in [0.3, 0.4) is 0 Å². The fraction of sp³-hybridized carbons (Fsp3) is 0.235. The molecule has 1 fully saturated rings. The number of halogens is 1. The SMILES string of the molecule is O=C(Nc1cccc(Cl)c1)C(=O)N1CCN(C(=O)c2ccco2)CC1. The molecule has 1 aliphatic rings. The lowest BCUT2D eigenvalue weighted by molar-refractivity contribution is -0.144. The Kier molecular flexibility index (Phi) is 5.04. The zero-order valence-corrected chi connectivity index (χ0v) is 14.0. The maximum atomic E-state index is 12.3. The van der Waals surface area contributed by atoms with Crippen molar-refractivity contribution in [2.24, 2.45) is 0 Å². The number of nitrogens with one attached hydrogen (secondary N) is 1. The molecule has 2 heterocycles. The van der Waals surface area contributed by atoms with Crippen molar-refractivity contribution in [3.63, 3.8) is 0 Å². The van der Waals surface area contributed by atoms with Gasteiger partial charge >= 0.3 is 11.8 Å². The molecule has 7 nitrogen and oxygen atoms in total. The highest BCUT2D eigenvalue weighted by Gasteiger charge is 2.29. The van der Waals surface area contributed by atoms with Crippen LogP contribution in [0.2, 0.25) is 5.02 Å². The van der Waals surface area contributed by atoms with Crippen molar-refractivity contribution < 1.29 is 18.8 Å². The second-order valence-corrected chi connectivity index (χ2v) is 5.96. The first-order chi connectivity index (χ1) is 12.0. The average molecular weight is 362 g/mol. The van der Waals surface area contributed by atoms with E-state index in [1.807, 2.05) is 0 Å². The van der Waals surface area contributed by atoms with Crippen LogP contribution >= 0.6 is 11.6 Å². The normalized spacial score (nSPS) is 14.3. The van der Waals surface area contributed by atoms with Gasteiger partial charge in [0.15, 0.2) is 5.76 Å². The highest BCUT2D eigenvalue weighted by Crippen LogP contribution is 2.15. The second-order valence-electron chi connectivity index (χ2n) is 5.53. The Bertz CT molecular complexity index is 783. The van der Waals surface area contributed by atoms with E-state index in [4.69, 9.17) is 16.0 Å². The van der Waals surface area contributed by atoms with Crippen LogP contribution < -0.4 is 5.32 Å². The van der Waals surface area contributed by atoms with E-state index >= 15 is 0 Å². The van der Waals surface area contributed by atoms with Crippen molar-refractivity contribution in [3.05, 3.63) is 53.4 Å². The molecule has 0 spiro atoms.